The van der Waals surface area contributed by atoms with Crippen LogP contribution in [0.25, 0.3) is 17.1 Å². The van der Waals surface area contributed by atoms with Gasteiger partial charge in [0.25, 0.3) is 0 Å². The number of nitrogens with zero attached hydrogens (tertiary/aromatic N) is 6. The number of aliphatic hydroxyl groups excluding tert-OH is 1. The quantitative estimate of drug-likeness (QED) is 0.263. The largest absolute Gasteiger partial charge is 0.455 e. The number of primary sulfonamides is 1. The van der Waals surface area contributed by atoms with Crippen LogP contribution in [0.3, 0.4) is 0 Å². The van der Waals surface area contributed by atoms with Crippen molar-refractivity contribution in [2.45, 2.75) is 50.2 Å². The summed E-state index contributed by atoms with van der Waals surface area (Å²) in [6, 6.07) is 11.3. The maximum atomic E-state index is 13.3. The normalized spacial score (nSPS) is 13.6. The molecule has 3 N–H and O–H groups in total. The van der Waals surface area contributed by atoms with Gasteiger partial charge >= 0.3 is 17.8 Å². The number of alkyl halides is 3. The van der Waals surface area contributed by atoms with Gasteiger partial charge in [-0.1, -0.05) is 23.7 Å². The Balaban J connectivity index is 1.84. The van der Waals surface area contributed by atoms with Crippen molar-refractivity contribution < 1.29 is 36.2 Å². The molecule has 42 heavy (non-hydrogen) atoms. The third-order valence-corrected chi connectivity index (χ3v) is 7.04. The Morgan fingerprint density at radius 1 is 1.14 bits per heavy atom. The van der Waals surface area contributed by atoms with Gasteiger partial charge in [0.05, 0.1) is 12.2 Å². The van der Waals surface area contributed by atoms with Gasteiger partial charge in [-0.2, -0.15) is 13.2 Å². The lowest BCUT2D eigenvalue weighted by Gasteiger charge is -2.15. The van der Waals surface area contributed by atoms with Gasteiger partial charge in [0.2, 0.25) is 10.0 Å². The Labute approximate surface area is 241 Å². The molecular weight excluding hydrogens is 607 g/mol. The molecule has 4 rings (SSSR count). The van der Waals surface area contributed by atoms with Crippen LogP contribution in [0.5, 0.6) is 0 Å². The average molecular weight is 630 g/mol. The number of hydrogen-bond donors (Lipinski definition) is 2. The highest BCUT2D eigenvalue weighted by Gasteiger charge is 2.39. The first-order valence-corrected chi connectivity index (χ1v) is 13.9. The number of carbonyl (C=O) groups excluding carboxylic acids is 1. The summed E-state index contributed by atoms with van der Waals surface area (Å²) in [7, 11) is -4.26. The van der Waals surface area contributed by atoms with Gasteiger partial charge in [0.1, 0.15) is 11.4 Å². The summed E-state index contributed by atoms with van der Waals surface area (Å²) in [5.41, 5.74) is -0.839. The van der Waals surface area contributed by atoms with E-state index in [9.17, 15) is 36.3 Å². The molecule has 0 aliphatic rings. The number of hydrogen-bond acceptors (Lipinski definition) is 9. The minimum Gasteiger partial charge on any atom is -0.455 e. The number of esters is 1. The number of para-hydroxylation sites is 1. The van der Waals surface area contributed by atoms with Gasteiger partial charge in [-0.3, -0.25) is 9.36 Å². The molecule has 4 aromatic rings. The number of ether oxygens (including phenoxy) is 1. The zero-order valence-corrected chi connectivity index (χ0v) is 23.4. The number of halogens is 4. The zero-order valence-electron chi connectivity index (χ0n) is 21.9. The van der Waals surface area contributed by atoms with Crippen LogP contribution in [-0.2, 0) is 32.6 Å². The first kappa shape index (κ1) is 30.9. The van der Waals surface area contributed by atoms with Crippen LogP contribution in [0.1, 0.15) is 31.6 Å². The van der Waals surface area contributed by atoms with Crippen LogP contribution in [0.2, 0.25) is 5.02 Å². The van der Waals surface area contributed by atoms with Gasteiger partial charge in [0, 0.05) is 17.5 Å². The fraction of sp³-hybridized carbons (Fsp3) is 0.292. The van der Waals surface area contributed by atoms with Crippen molar-refractivity contribution in [3.05, 3.63) is 75.7 Å². The molecule has 13 nitrogen and oxygen atoms in total. The fourth-order valence-corrected chi connectivity index (χ4v) is 4.82. The molecule has 2 aromatic carbocycles. The van der Waals surface area contributed by atoms with Gasteiger partial charge in [-0.05, 0) is 43.3 Å². The van der Waals surface area contributed by atoms with Crippen LogP contribution in [0.4, 0.5) is 13.2 Å². The Morgan fingerprint density at radius 2 is 1.79 bits per heavy atom. The number of carbonyl (C=O) groups is 1. The number of rotatable bonds is 9. The summed E-state index contributed by atoms with van der Waals surface area (Å²) in [6.45, 7) is 0.942. The van der Waals surface area contributed by atoms with Crippen molar-refractivity contribution in [2.75, 3.05) is 0 Å². The topological polar surface area (TPSA) is 177 Å². The van der Waals surface area contributed by atoms with E-state index >= 15 is 0 Å². The molecular formula is C24H23ClF3N7O6S. The molecule has 224 valence electrons. The Morgan fingerprint density at radius 3 is 2.38 bits per heavy atom. The molecule has 0 spiro atoms. The van der Waals surface area contributed by atoms with E-state index in [4.69, 9.17) is 21.5 Å². The SMILES string of the molecule is CC(=O)O[C@@H](C)c1nc(Cn2nc(-c3ccc(Cl)cc3)n(C[C@H](O)C(F)(F)F)c2=O)nn1-c1ccccc1S(N)(=O)=O. The van der Waals surface area contributed by atoms with Gasteiger partial charge in [-0.25, -0.2) is 32.7 Å². The minimum atomic E-state index is -5.02. The highest BCUT2D eigenvalue weighted by Crippen LogP contribution is 2.26. The Kier molecular flexibility index (Phi) is 8.58. The molecule has 18 heteroatoms. The fourth-order valence-electron chi connectivity index (χ4n) is 3.98. The summed E-state index contributed by atoms with van der Waals surface area (Å²) in [5.74, 6) is -1.07. The van der Waals surface area contributed by atoms with E-state index in [0.717, 1.165) is 16.3 Å². The lowest BCUT2D eigenvalue weighted by molar-refractivity contribution is -0.207. The second kappa shape index (κ2) is 11.7. The van der Waals surface area contributed by atoms with Crippen LogP contribution >= 0.6 is 11.6 Å². The predicted octanol–water partition coefficient (Wildman–Crippen LogP) is 2.19. The van der Waals surface area contributed by atoms with E-state index in [1.165, 1.54) is 55.5 Å². The molecule has 0 saturated carbocycles. The molecule has 0 unspecified atom stereocenters. The minimum absolute atomic E-state index is 0.0409. The highest BCUT2D eigenvalue weighted by atomic mass is 35.5. The third-order valence-electron chi connectivity index (χ3n) is 5.83. The molecule has 2 aromatic heterocycles. The van der Waals surface area contributed by atoms with E-state index in [1.807, 2.05) is 0 Å². The first-order chi connectivity index (χ1) is 19.6. The maximum Gasteiger partial charge on any atom is 0.416 e. The van der Waals surface area contributed by atoms with E-state index in [-0.39, 0.29) is 33.6 Å². The van der Waals surface area contributed by atoms with Crippen LogP contribution in [0.15, 0.2) is 58.2 Å². The molecule has 2 atom stereocenters. The van der Waals surface area contributed by atoms with Crippen molar-refractivity contribution in [3.63, 3.8) is 0 Å². The standard InChI is InChI=1S/C24H23ClF3N7O6S/c1-13(41-14(2)36)21-30-20(31-35(21)17-5-3-4-6-18(17)42(29,39)40)12-34-23(38)33(11-19(37)24(26,27)28)22(32-34)15-7-9-16(25)10-8-15/h3-10,13,19,37H,11-12H2,1-2H3,(H2,29,39,40)/t13-,19-/m0/s1. The monoisotopic (exact) mass is 629 g/mol. The summed E-state index contributed by atoms with van der Waals surface area (Å²) in [4.78, 5) is 28.9. The smallest absolute Gasteiger partial charge is 0.416 e. The lowest BCUT2D eigenvalue weighted by Crippen LogP contribution is -2.37. The van der Waals surface area contributed by atoms with E-state index in [1.54, 1.807) is 0 Å². The second-order valence-corrected chi connectivity index (χ2v) is 11.0. The zero-order chi connectivity index (χ0) is 31.0. The number of aliphatic hydroxyl groups is 1. The molecule has 0 fully saturated rings. The Hall–Kier alpha value is -4.06. The summed E-state index contributed by atoms with van der Waals surface area (Å²) >= 11 is 5.91. The molecule has 0 aliphatic carbocycles. The predicted molar refractivity (Wildman–Crippen MR) is 141 cm³/mol. The number of nitrogens with two attached hydrogens (primary N) is 1. The van der Waals surface area contributed by atoms with E-state index < -0.39 is 53.2 Å². The van der Waals surface area contributed by atoms with Crippen molar-refractivity contribution >= 4 is 27.6 Å². The van der Waals surface area contributed by atoms with Crippen molar-refractivity contribution in [1.82, 2.24) is 29.1 Å². The molecule has 0 radical (unpaired) electrons. The summed E-state index contributed by atoms with van der Waals surface area (Å²) in [6.07, 6.45) is -8.95. The van der Waals surface area contributed by atoms with Crippen LogP contribution in [-0.4, -0.2) is 60.9 Å². The van der Waals surface area contributed by atoms with Crippen molar-refractivity contribution in [3.8, 4) is 17.1 Å². The average Bonchev–Trinajstić information content (AvgIpc) is 3.45. The second-order valence-electron chi connectivity index (χ2n) is 9.00. The molecule has 0 aliphatic heterocycles. The number of aromatic nitrogens is 6. The molecule has 0 bridgehead atoms. The number of sulfonamides is 1. The Bertz CT molecular complexity index is 1780. The van der Waals surface area contributed by atoms with Crippen molar-refractivity contribution in [2.24, 2.45) is 5.14 Å². The summed E-state index contributed by atoms with van der Waals surface area (Å²) in [5, 5.41) is 23.8. The van der Waals surface area contributed by atoms with Gasteiger partial charge in [0.15, 0.2) is 29.7 Å². The van der Waals surface area contributed by atoms with Crippen LogP contribution < -0.4 is 10.8 Å². The molecule has 2 heterocycles. The maximum absolute atomic E-state index is 13.3. The summed E-state index contributed by atoms with van der Waals surface area (Å²) < 4.78 is 71.7. The van der Waals surface area contributed by atoms with E-state index in [0.29, 0.717) is 9.59 Å². The third kappa shape index (κ3) is 6.70. The van der Waals surface area contributed by atoms with Gasteiger partial charge in [-0.15, -0.1) is 10.2 Å². The lowest BCUT2D eigenvalue weighted by atomic mass is 10.2. The number of benzene rings is 2. The van der Waals surface area contributed by atoms with Crippen LogP contribution in [0, 0.1) is 0 Å². The van der Waals surface area contributed by atoms with Gasteiger partial charge < -0.3 is 9.84 Å². The molecule has 0 saturated heterocycles. The first-order valence-electron chi connectivity index (χ1n) is 12.0. The van der Waals surface area contributed by atoms with Crippen molar-refractivity contribution in [1.29, 1.82) is 0 Å². The highest BCUT2D eigenvalue weighted by molar-refractivity contribution is 7.89. The van der Waals surface area contributed by atoms with E-state index in [2.05, 4.69) is 15.2 Å². The molecule has 0 amide bonds.